The zero-order valence-electron chi connectivity index (χ0n) is 21.2. The minimum atomic E-state index is -0.0746. The van der Waals surface area contributed by atoms with E-state index in [1.54, 1.807) is 6.92 Å². The Balaban J connectivity index is 1.10. The minimum Gasteiger partial charge on any atom is -0.493 e. The summed E-state index contributed by atoms with van der Waals surface area (Å²) in [6, 6.07) is 22.3. The summed E-state index contributed by atoms with van der Waals surface area (Å²) in [5.74, 6) is 2.07. The molecule has 7 nitrogen and oxygen atoms in total. The molecule has 0 aliphatic carbocycles. The second-order valence-electron chi connectivity index (χ2n) is 10.0. The first-order valence-electron chi connectivity index (χ1n) is 12.8. The lowest BCUT2D eigenvalue weighted by molar-refractivity contribution is 0.0594. The third-order valence-electron chi connectivity index (χ3n) is 7.75. The minimum absolute atomic E-state index is 0.0746. The fourth-order valence-corrected chi connectivity index (χ4v) is 5.64. The summed E-state index contributed by atoms with van der Waals surface area (Å²) < 4.78 is 11.0. The van der Waals surface area contributed by atoms with Crippen molar-refractivity contribution in [2.24, 2.45) is 0 Å². The summed E-state index contributed by atoms with van der Waals surface area (Å²) in [6.45, 7) is 6.25. The number of aromatic nitrogens is 2. The van der Waals surface area contributed by atoms with Crippen LogP contribution in [0, 0.1) is 13.8 Å². The second-order valence-corrected chi connectivity index (χ2v) is 10.0. The van der Waals surface area contributed by atoms with Gasteiger partial charge in [0.15, 0.2) is 0 Å². The molecule has 3 aromatic carbocycles. The number of benzene rings is 3. The van der Waals surface area contributed by atoms with Crippen LogP contribution in [0.25, 0.3) is 22.5 Å². The van der Waals surface area contributed by atoms with E-state index in [-0.39, 0.29) is 11.3 Å². The number of ether oxygens (including phenoxy) is 1. The first-order valence-corrected chi connectivity index (χ1v) is 12.8. The van der Waals surface area contributed by atoms with Crippen LogP contribution in [0.4, 0.5) is 0 Å². The maximum absolute atomic E-state index is 13.0. The van der Waals surface area contributed by atoms with Gasteiger partial charge in [-0.2, -0.15) is 4.98 Å². The van der Waals surface area contributed by atoms with E-state index in [1.165, 1.54) is 5.56 Å². The average molecular weight is 495 g/mol. The molecule has 0 radical (unpaired) electrons. The van der Waals surface area contributed by atoms with Crippen LogP contribution in [0.1, 0.15) is 46.6 Å². The summed E-state index contributed by atoms with van der Waals surface area (Å²) in [4.78, 5) is 17.3. The lowest BCUT2D eigenvalue weighted by Crippen LogP contribution is -2.51. The quantitative estimate of drug-likeness (QED) is 0.405. The van der Waals surface area contributed by atoms with Crippen molar-refractivity contribution in [3.05, 3.63) is 89.3 Å². The molecule has 0 unspecified atom stereocenters. The van der Waals surface area contributed by atoms with Gasteiger partial charge in [0.25, 0.3) is 5.91 Å². The molecule has 4 aromatic rings. The summed E-state index contributed by atoms with van der Waals surface area (Å²) in [5, 5.41) is 6.06. The number of hydrogen-bond donors (Lipinski definition) is 1. The van der Waals surface area contributed by atoms with E-state index in [0.717, 1.165) is 67.0 Å². The number of nitrogens with zero attached hydrogens (tertiary/aromatic N) is 3. The Morgan fingerprint density at radius 1 is 0.946 bits per heavy atom. The molecule has 0 saturated carbocycles. The maximum Gasteiger partial charge on any atom is 0.265 e. The number of amides is 1. The molecular weight excluding hydrogens is 464 g/mol. The molecule has 1 amide bonds. The molecule has 2 aliphatic heterocycles. The van der Waals surface area contributed by atoms with E-state index in [9.17, 15) is 4.79 Å². The zero-order valence-corrected chi connectivity index (χ0v) is 21.2. The normalized spacial score (nSPS) is 16.7. The molecular formula is C30H30N4O3. The number of piperidine rings is 1. The van der Waals surface area contributed by atoms with Gasteiger partial charge < -0.3 is 9.26 Å². The van der Waals surface area contributed by atoms with E-state index in [0.29, 0.717) is 17.3 Å². The highest BCUT2D eigenvalue weighted by Gasteiger charge is 2.40. The van der Waals surface area contributed by atoms with Crippen LogP contribution >= 0.6 is 0 Å². The molecule has 1 fully saturated rings. The third-order valence-corrected chi connectivity index (χ3v) is 7.75. The van der Waals surface area contributed by atoms with Gasteiger partial charge in [0.1, 0.15) is 5.75 Å². The van der Waals surface area contributed by atoms with Crippen LogP contribution in [-0.4, -0.2) is 40.8 Å². The fraction of sp³-hybridized carbons (Fsp3) is 0.300. The number of carbonyl (C=O) groups is 1. The fourth-order valence-electron chi connectivity index (χ4n) is 5.64. The first-order chi connectivity index (χ1) is 18.0. The molecule has 1 spiro atoms. The topological polar surface area (TPSA) is 80.5 Å². The van der Waals surface area contributed by atoms with E-state index in [2.05, 4.69) is 57.8 Å². The van der Waals surface area contributed by atoms with Crippen LogP contribution in [0.5, 0.6) is 5.75 Å². The number of rotatable bonds is 4. The van der Waals surface area contributed by atoms with E-state index >= 15 is 0 Å². The van der Waals surface area contributed by atoms with Crippen LogP contribution in [-0.2, 0) is 5.41 Å². The smallest absolute Gasteiger partial charge is 0.265 e. The largest absolute Gasteiger partial charge is 0.493 e. The Morgan fingerprint density at radius 3 is 2.43 bits per heavy atom. The monoisotopic (exact) mass is 494 g/mol. The lowest BCUT2D eigenvalue weighted by atomic mass is 9.69. The van der Waals surface area contributed by atoms with Crippen LogP contribution in [0.2, 0.25) is 0 Å². The van der Waals surface area contributed by atoms with Gasteiger partial charge in [-0.1, -0.05) is 47.6 Å². The zero-order chi connectivity index (χ0) is 25.4. The highest BCUT2D eigenvalue weighted by molar-refractivity contribution is 5.94. The van der Waals surface area contributed by atoms with Gasteiger partial charge in [0.2, 0.25) is 11.7 Å². The number of para-hydroxylation sites is 1. The van der Waals surface area contributed by atoms with Crippen molar-refractivity contribution in [2.45, 2.75) is 38.5 Å². The van der Waals surface area contributed by atoms with Gasteiger partial charge in [0, 0.05) is 42.1 Å². The van der Waals surface area contributed by atoms with Crippen molar-refractivity contribution < 1.29 is 14.1 Å². The summed E-state index contributed by atoms with van der Waals surface area (Å²) >= 11 is 0. The Hall–Kier alpha value is -3.97. The van der Waals surface area contributed by atoms with Crippen molar-refractivity contribution in [2.75, 3.05) is 19.7 Å². The number of hydrazine groups is 1. The van der Waals surface area contributed by atoms with E-state index < -0.39 is 0 Å². The van der Waals surface area contributed by atoms with Gasteiger partial charge in [-0.25, -0.2) is 5.01 Å². The van der Waals surface area contributed by atoms with Crippen molar-refractivity contribution in [3.8, 4) is 28.3 Å². The molecule has 0 atom stereocenters. The lowest BCUT2D eigenvalue weighted by Gasteiger charge is -2.44. The van der Waals surface area contributed by atoms with Crippen LogP contribution < -0.4 is 10.2 Å². The number of carbonyl (C=O) groups excluding carboxylic acids is 1. The van der Waals surface area contributed by atoms with Crippen molar-refractivity contribution in [3.63, 3.8) is 0 Å². The molecule has 7 heteroatoms. The molecule has 1 aromatic heterocycles. The molecule has 3 heterocycles. The highest BCUT2D eigenvalue weighted by Crippen LogP contribution is 2.45. The van der Waals surface area contributed by atoms with Gasteiger partial charge in [-0.15, -0.1) is 0 Å². The predicted octanol–water partition coefficient (Wildman–Crippen LogP) is 5.48. The van der Waals surface area contributed by atoms with Crippen molar-refractivity contribution >= 4 is 5.91 Å². The highest BCUT2D eigenvalue weighted by atomic mass is 16.5. The van der Waals surface area contributed by atoms with Gasteiger partial charge in [-0.05, 0) is 67.1 Å². The SMILES string of the molecule is Cc1nc(-c2ccc(-c3ccc(C(=O)NN4CCC5(CCOc6ccccc65)CC4)cc3)c(C)c2)no1. The molecule has 2 aliphatic rings. The summed E-state index contributed by atoms with van der Waals surface area (Å²) in [5.41, 5.74) is 9.42. The molecule has 0 bridgehead atoms. The maximum atomic E-state index is 13.0. The van der Waals surface area contributed by atoms with Crippen LogP contribution in [0.3, 0.4) is 0 Å². The number of aryl methyl sites for hydroxylation is 2. The standard InChI is InChI=1S/C30H30N4O3/c1-20-19-24(28-31-21(2)37-33-28)11-12-25(20)22-7-9-23(10-8-22)29(35)32-34-16-13-30(14-17-34)15-18-36-27-6-4-3-5-26(27)30/h3-12,19H,13-18H2,1-2H3,(H,32,35). The Morgan fingerprint density at radius 2 is 1.70 bits per heavy atom. The predicted molar refractivity (Wildman–Crippen MR) is 141 cm³/mol. The van der Waals surface area contributed by atoms with Gasteiger partial charge >= 0.3 is 0 Å². The third kappa shape index (κ3) is 4.51. The first kappa shape index (κ1) is 23.4. The Bertz CT molecular complexity index is 1440. The van der Waals surface area contributed by atoms with Crippen molar-refractivity contribution in [1.29, 1.82) is 0 Å². The van der Waals surface area contributed by atoms with E-state index in [1.807, 2.05) is 36.4 Å². The Labute approximate surface area is 216 Å². The molecule has 1 N–H and O–H groups in total. The second kappa shape index (κ2) is 9.48. The number of fused-ring (bicyclic) bond motifs is 2. The molecule has 1 saturated heterocycles. The van der Waals surface area contributed by atoms with Crippen molar-refractivity contribution in [1.82, 2.24) is 20.6 Å². The average Bonchev–Trinajstić information content (AvgIpc) is 3.37. The van der Waals surface area contributed by atoms with Crippen LogP contribution in [0.15, 0.2) is 71.3 Å². The summed E-state index contributed by atoms with van der Waals surface area (Å²) in [7, 11) is 0. The summed E-state index contributed by atoms with van der Waals surface area (Å²) in [6.07, 6.45) is 3.04. The Kier molecular flexibility index (Phi) is 6.00. The van der Waals surface area contributed by atoms with E-state index in [4.69, 9.17) is 9.26 Å². The van der Waals surface area contributed by atoms with Gasteiger partial charge in [-0.3, -0.25) is 10.2 Å². The molecule has 37 heavy (non-hydrogen) atoms. The van der Waals surface area contributed by atoms with Gasteiger partial charge in [0.05, 0.1) is 6.61 Å². The molecule has 6 rings (SSSR count). The number of hydrogen-bond acceptors (Lipinski definition) is 6. The molecule has 188 valence electrons. The number of nitrogens with one attached hydrogen (secondary N) is 1.